The summed E-state index contributed by atoms with van der Waals surface area (Å²) in [5.74, 6) is 0.442. The van der Waals surface area contributed by atoms with Crippen molar-refractivity contribution < 1.29 is 9.53 Å². The maximum Gasteiger partial charge on any atom is 0.407 e. The molecule has 0 radical (unpaired) electrons. The number of benzene rings is 1. The molecule has 0 saturated heterocycles. The lowest BCUT2D eigenvalue weighted by Gasteiger charge is -2.19. The van der Waals surface area contributed by atoms with Crippen molar-refractivity contribution in [3.05, 3.63) is 35.4 Å². The Kier molecular flexibility index (Phi) is 3.33. The monoisotopic (exact) mass is 247 g/mol. The maximum absolute atomic E-state index is 11.6. The third kappa shape index (κ3) is 3.49. The predicted molar refractivity (Wildman–Crippen MR) is 71.7 cm³/mol. The van der Waals surface area contributed by atoms with Crippen LogP contribution in [0.4, 0.5) is 4.79 Å². The first kappa shape index (κ1) is 12.9. The zero-order chi connectivity index (χ0) is 13.3. The van der Waals surface area contributed by atoms with Crippen LogP contribution in [0, 0.1) is 6.92 Å². The fourth-order valence-electron chi connectivity index (χ4n) is 2.08. The van der Waals surface area contributed by atoms with Crippen molar-refractivity contribution in [1.82, 2.24) is 5.32 Å². The number of carbonyl (C=O) groups is 1. The molecule has 3 heteroatoms. The highest BCUT2D eigenvalue weighted by atomic mass is 16.6. The molecule has 0 bridgehead atoms. The van der Waals surface area contributed by atoms with Gasteiger partial charge in [0.25, 0.3) is 0 Å². The van der Waals surface area contributed by atoms with Gasteiger partial charge in [-0.05, 0) is 39.7 Å². The second kappa shape index (κ2) is 4.63. The lowest BCUT2D eigenvalue weighted by Crippen LogP contribution is -2.34. The predicted octanol–water partition coefficient (Wildman–Crippen LogP) is 3.38. The number of ether oxygens (including phenoxy) is 1. The number of hydrogen-bond acceptors (Lipinski definition) is 2. The number of nitrogens with one attached hydrogen (secondary N) is 1. The summed E-state index contributed by atoms with van der Waals surface area (Å²) in [6.45, 7) is 7.70. The van der Waals surface area contributed by atoms with Crippen LogP contribution in [0.2, 0.25) is 0 Å². The van der Waals surface area contributed by atoms with Gasteiger partial charge in [0.2, 0.25) is 0 Å². The van der Waals surface area contributed by atoms with Gasteiger partial charge in [0.05, 0.1) is 0 Å². The number of amides is 1. The van der Waals surface area contributed by atoms with E-state index in [-0.39, 0.29) is 12.1 Å². The van der Waals surface area contributed by atoms with E-state index in [1.807, 2.05) is 20.8 Å². The van der Waals surface area contributed by atoms with Crippen LogP contribution in [-0.4, -0.2) is 17.7 Å². The van der Waals surface area contributed by atoms with Crippen molar-refractivity contribution in [2.75, 3.05) is 0 Å². The molecule has 2 rings (SSSR count). The largest absolute Gasteiger partial charge is 0.444 e. The fourth-order valence-corrected chi connectivity index (χ4v) is 2.08. The lowest BCUT2D eigenvalue weighted by molar-refractivity contribution is 0.0523. The van der Waals surface area contributed by atoms with Crippen molar-refractivity contribution in [2.45, 2.75) is 51.7 Å². The van der Waals surface area contributed by atoms with E-state index in [1.54, 1.807) is 0 Å². The molecule has 3 nitrogen and oxygen atoms in total. The first-order valence-electron chi connectivity index (χ1n) is 6.41. The van der Waals surface area contributed by atoms with E-state index in [0.717, 1.165) is 6.42 Å². The van der Waals surface area contributed by atoms with Gasteiger partial charge in [-0.15, -0.1) is 0 Å². The summed E-state index contributed by atoms with van der Waals surface area (Å²) in [6, 6.07) is 8.67. The Morgan fingerprint density at radius 1 is 1.39 bits per heavy atom. The number of alkyl carbamates (subject to hydrolysis) is 1. The molecule has 18 heavy (non-hydrogen) atoms. The van der Waals surface area contributed by atoms with Crippen LogP contribution in [0.3, 0.4) is 0 Å². The molecule has 0 spiro atoms. The topological polar surface area (TPSA) is 38.3 Å². The first-order valence-corrected chi connectivity index (χ1v) is 6.41. The van der Waals surface area contributed by atoms with Gasteiger partial charge in [-0.3, -0.25) is 0 Å². The summed E-state index contributed by atoms with van der Waals surface area (Å²) in [5, 5.41) is 2.92. The van der Waals surface area contributed by atoms with Gasteiger partial charge >= 0.3 is 6.09 Å². The Morgan fingerprint density at radius 3 is 2.72 bits per heavy atom. The molecule has 98 valence electrons. The van der Waals surface area contributed by atoms with Gasteiger partial charge in [-0.1, -0.05) is 29.8 Å². The van der Waals surface area contributed by atoms with E-state index in [1.165, 1.54) is 11.1 Å². The Morgan fingerprint density at radius 2 is 2.11 bits per heavy atom. The molecule has 1 aliphatic rings. The smallest absolute Gasteiger partial charge is 0.407 e. The molecule has 0 aliphatic heterocycles. The van der Waals surface area contributed by atoms with Crippen LogP contribution in [0.5, 0.6) is 0 Å². The van der Waals surface area contributed by atoms with Crippen LogP contribution in [0.15, 0.2) is 24.3 Å². The van der Waals surface area contributed by atoms with Crippen molar-refractivity contribution in [3.8, 4) is 0 Å². The molecule has 1 fully saturated rings. The highest BCUT2D eigenvalue weighted by molar-refractivity contribution is 5.69. The van der Waals surface area contributed by atoms with Crippen LogP contribution in [0.1, 0.15) is 44.2 Å². The van der Waals surface area contributed by atoms with E-state index in [0.29, 0.717) is 5.92 Å². The van der Waals surface area contributed by atoms with Gasteiger partial charge in [0.1, 0.15) is 5.60 Å². The molecule has 1 aromatic rings. The minimum atomic E-state index is -0.433. The van der Waals surface area contributed by atoms with Gasteiger partial charge in [0, 0.05) is 12.0 Å². The van der Waals surface area contributed by atoms with Crippen LogP contribution in [0.25, 0.3) is 0 Å². The molecule has 1 amide bonds. The highest BCUT2D eigenvalue weighted by Crippen LogP contribution is 2.41. The van der Waals surface area contributed by atoms with Crippen molar-refractivity contribution >= 4 is 6.09 Å². The Balaban J connectivity index is 1.87. The normalized spacial score (nSPS) is 22.4. The summed E-state index contributed by atoms with van der Waals surface area (Å²) in [4.78, 5) is 11.6. The molecule has 1 saturated carbocycles. The molecule has 1 N–H and O–H groups in total. The van der Waals surface area contributed by atoms with Gasteiger partial charge in [-0.25, -0.2) is 4.79 Å². The minimum Gasteiger partial charge on any atom is -0.444 e. The maximum atomic E-state index is 11.6. The van der Waals surface area contributed by atoms with Crippen LogP contribution < -0.4 is 5.32 Å². The van der Waals surface area contributed by atoms with E-state index in [2.05, 4.69) is 36.5 Å². The standard InChI is InChI=1S/C15H21NO2/c1-10-6-5-7-11(8-10)12-9-13(12)16-14(17)18-15(2,3)4/h5-8,12-13H,9H2,1-4H3,(H,16,17). The third-order valence-electron chi connectivity index (χ3n) is 2.96. The van der Waals surface area contributed by atoms with Crippen molar-refractivity contribution in [3.63, 3.8) is 0 Å². The molecule has 2 unspecified atom stereocenters. The van der Waals surface area contributed by atoms with Crippen LogP contribution >= 0.6 is 0 Å². The summed E-state index contributed by atoms with van der Waals surface area (Å²) in [6.07, 6.45) is 0.686. The zero-order valence-corrected chi connectivity index (χ0v) is 11.5. The average molecular weight is 247 g/mol. The van der Waals surface area contributed by atoms with Crippen molar-refractivity contribution in [2.24, 2.45) is 0 Å². The molecular weight excluding hydrogens is 226 g/mol. The van der Waals surface area contributed by atoms with E-state index in [4.69, 9.17) is 4.74 Å². The second-order valence-corrected chi connectivity index (χ2v) is 6.01. The lowest BCUT2D eigenvalue weighted by atomic mass is 10.1. The Bertz CT molecular complexity index is 448. The molecule has 0 aromatic heterocycles. The average Bonchev–Trinajstić information content (AvgIpc) is 2.93. The van der Waals surface area contributed by atoms with Crippen molar-refractivity contribution in [1.29, 1.82) is 0 Å². The summed E-state index contributed by atoms with van der Waals surface area (Å²) >= 11 is 0. The Labute approximate surface area is 109 Å². The fraction of sp³-hybridized carbons (Fsp3) is 0.533. The third-order valence-corrected chi connectivity index (χ3v) is 2.96. The SMILES string of the molecule is Cc1cccc(C2CC2NC(=O)OC(C)(C)C)c1. The van der Waals surface area contributed by atoms with Gasteiger partial charge in [-0.2, -0.15) is 0 Å². The van der Waals surface area contributed by atoms with Crippen LogP contribution in [-0.2, 0) is 4.74 Å². The molecule has 0 heterocycles. The summed E-state index contributed by atoms with van der Waals surface area (Å²) in [5.41, 5.74) is 2.13. The van der Waals surface area contributed by atoms with E-state index in [9.17, 15) is 4.79 Å². The Hall–Kier alpha value is -1.51. The summed E-state index contributed by atoms with van der Waals surface area (Å²) < 4.78 is 5.25. The first-order chi connectivity index (χ1) is 8.35. The zero-order valence-electron chi connectivity index (χ0n) is 11.5. The molecule has 1 aliphatic carbocycles. The number of hydrogen-bond donors (Lipinski definition) is 1. The highest BCUT2D eigenvalue weighted by Gasteiger charge is 2.40. The minimum absolute atomic E-state index is 0.224. The summed E-state index contributed by atoms with van der Waals surface area (Å²) in [7, 11) is 0. The quantitative estimate of drug-likeness (QED) is 0.870. The molecule has 1 aromatic carbocycles. The number of rotatable bonds is 2. The number of aryl methyl sites for hydroxylation is 1. The van der Waals surface area contributed by atoms with Gasteiger partial charge in [0.15, 0.2) is 0 Å². The second-order valence-electron chi connectivity index (χ2n) is 6.01. The molecule has 2 atom stereocenters. The van der Waals surface area contributed by atoms with Gasteiger partial charge < -0.3 is 10.1 Å². The molecular formula is C15H21NO2. The van der Waals surface area contributed by atoms with E-state index < -0.39 is 5.60 Å². The van der Waals surface area contributed by atoms with E-state index >= 15 is 0 Å². The number of carbonyl (C=O) groups excluding carboxylic acids is 1.